The zero-order valence-corrected chi connectivity index (χ0v) is 14.9. The smallest absolute Gasteiger partial charge is 0.230 e. The summed E-state index contributed by atoms with van der Waals surface area (Å²) in [7, 11) is 0. The number of carbonyl (C=O) groups is 1. The fourth-order valence-electron chi connectivity index (χ4n) is 3.23. The van der Waals surface area contributed by atoms with Crippen LogP contribution in [-0.4, -0.2) is 37.3 Å². The molecule has 8 heteroatoms. The second-order valence-electron chi connectivity index (χ2n) is 6.39. The summed E-state index contributed by atoms with van der Waals surface area (Å²) in [5.74, 6) is 0.312. The molecule has 26 heavy (non-hydrogen) atoms. The van der Waals surface area contributed by atoms with Crippen LogP contribution in [-0.2, 0) is 10.5 Å². The number of amides is 1. The van der Waals surface area contributed by atoms with Gasteiger partial charge in [0.15, 0.2) is 5.65 Å². The van der Waals surface area contributed by atoms with Crippen molar-refractivity contribution in [2.24, 2.45) is 5.92 Å². The molecular weight excluding hydrogens is 350 g/mol. The van der Waals surface area contributed by atoms with Crippen LogP contribution in [0.5, 0.6) is 0 Å². The number of hydrogen-bond donors (Lipinski definition) is 3. The second kappa shape index (κ2) is 7.43. The third kappa shape index (κ3) is 3.56. The van der Waals surface area contributed by atoms with Crippen molar-refractivity contribution >= 4 is 34.4 Å². The molecule has 1 aliphatic rings. The summed E-state index contributed by atoms with van der Waals surface area (Å²) in [5, 5.41) is 21.4. The number of nitrogens with zero attached hydrogens (tertiary/aromatic N) is 3. The van der Waals surface area contributed by atoms with Gasteiger partial charge < -0.3 is 10.4 Å². The molecule has 0 bridgehead atoms. The molecule has 2 aromatic heterocycles. The number of aliphatic hydroxyl groups excluding tert-OH is 1. The van der Waals surface area contributed by atoms with Crippen molar-refractivity contribution in [1.29, 1.82) is 0 Å². The van der Waals surface area contributed by atoms with Crippen molar-refractivity contribution in [2.45, 2.75) is 36.1 Å². The van der Waals surface area contributed by atoms with Gasteiger partial charge in [0.1, 0.15) is 11.4 Å². The topological polar surface area (TPSA) is 104 Å². The monoisotopic (exact) mass is 369 g/mol. The molecule has 0 saturated heterocycles. The summed E-state index contributed by atoms with van der Waals surface area (Å²) >= 11 is 1.60. The zero-order chi connectivity index (χ0) is 17.9. The lowest BCUT2D eigenvalue weighted by Gasteiger charge is -2.14. The summed E-state index contributed by atoms with van der Waals surface area (Å²) in [6.45, 7) is 0. The van der Waals surface area contributed by atoms with Gasteiger partial charge in [0, 0.05) is 11.4 Å². The van der Waals surface area contributed by atoms with Crippen molar-refractivity contribution in [3.8, 4) is 0 Å². The van der Waals surface area contributed by atoms with E-state index in [0.717, 1.165) is 40.2 Å². The number of H-pyrrole nitrogens is 1. The van der Waals surface area contributed by atoms with E-state index in [1.54, 1.807) is 18.0 Å². The van der Waals surface area contributed by atoms with Crippen molar-refractivity contribution < 1.29 is 9.90 Å². The number of thioether (sulfide) groups is 1. The van der Waals surface area contributed by atoms with E-state index in [1.807, 2.05) is 24.3 Å². The third-order valence-corrected chi connectivity index (χ3v) is 5.67. The van der Waals surface area contributed by atoms with Gasteiger partial charge in [-0.25, -0.2) is 9.97 Å². The molecule has 1 saturated carbocycles. The molecule has 134 valence electrons. The van der Waals surface area contributed by atoms with E-state index in [4.69, 9.17) is 0 Å². The van der Waals surface area contributed by atoms with Crippen LogP contribution < -0.4 is 5.32 Å². The molecule has 1 aromatic carbocycles. The molecule has 3 aromatic rings. The molecule has 2 heterocycles. The molecule has 4 rings (SSSR count). The van der Waals surface area contributed by atoms with E-state index in [-0.39, 0.29) is 11.8 Å². The Morgan fingerprint density at radius 3 is 3.12 bits per heavy atom. The highest BCUT2D eigenvalue weighted by Crippen LogP contribution is 2.29. The highest BCUT2D eigenvalue weighted by atomic mass is 32.2. The van der Waals surface area contributed by atoms with Gasteiger partial charge in [0.05, 0.1) is 23.6 Å². The maximum absolute atomic E-state index is 12.3. The average molecular weight is 369 g/mol. The number of nitrogens with one attached hydrogen (secondary N) is 2. The van der Waals surface area contributed by atoms with Crippen molar-refractivity contribution in [2.75, 3.05) is 5.32 Å². The standard InChI is InChI=1S/C18H19N5O2S/c24-15-6-2-5-13(15)17(25)22-12-4-1-3-11(7-12)9-26-18-14-8-21-23-16(14)19-10-20-18/h1,3-4,7-8,10,13,15,24H,2,5-6,9H2,(H,22,25)(H,19,20,21,23)/t13-,15+/m0/s1. The molecule has 1 aliphatic carbocycles. The van der Waals surface area contributed by atoms with Gasteiger partial charge in [-0.05, 0) is 37.0 Å². The van der Waals surface area contributed by atoms with Crippen molar-refractivity contribution in [3.05, 3.63) is 42.4 Å². The first kappa shape index (κ1) is 17.0. The predicted octanol–water partition coefficient (Wildman–Crippen LogP) is 2.74. The Kier molecular flexibility index (Phi) is 4.85. The maximum Gasteiger partial charge on any atom is 0.230 e. The molecule has 1 amide bonds. The second-order valence-corrected chi connectivity index (χ2v) is 7.36. The fraction of sp³-hybridized carbons (Fsp3) is 0.333. The largest absolute Gasteiger partial charge is 0.392 e. The van der Waals surface area contributed by atoms with E-state index in [2.05, 4.69) is 25.5 Å². The highest BCUT2D eigenvalue weighted by Gasteiger charge is 2.31. The Hall–Kier alpha value is -2.45. The molecule has 3 N–H and O–H groups in total. The first-order valence-electron chi connectivity index (χ1n) is 8.55. The number of rotatable bonds is 5. The lowest BCUT2D eigenvalue weighted by Crippen LogP contribution is -2.28. The van der Waals surface area contributed by atoms with E-state index in [1.165, 1.54) is 6.33 Å². The van der Waals surface area contributed by atoms with Gasteiger partial charge in [-0.3, -0.25) is 9.89 Å². The quantitative estimate of drug-likeness (QED) is 0.472. The van der Waals surface area contributed by atoms with Crippen LogP contribution in [0.3, 0.4) is 0 Å². The van der Waals surface area contributed by atoms with Crippen molar-refractivity contribution in [1.82, 2.24) is 20.2 Å². The van der Waals surface area contributed by atoms with Gasteiger partial charge in [0.2, 0.25) is 5.91 Å². The van der Waals surface area contributed by atoms with Gasteiger partial charge in [-0.15, -0.1) is 11.8 Å². The number of carbonyl (C=O) groups excluding carboxylic acids is 1. The number of aromatic amines is 1. The van der Waals surface area contributed by atoms with Crippen LogP contribution in [0.1, 0.15) is 24.8 Å². The predicted molar refractivity (Wildman–Crippen MR) is 99.7 cm³/mol. The minimum atomic E-state index is -0.524. The molecular formula is C18H19N5O2S. The summed E-state index contributed by atoms with van der Waals surface area (Å²) in [5.41, 5.74) is 2.55. The minimum Gasteiger partial charge on any atom is -0.392 e. The van der Waals surface area contributed by atoms with Gasteiger partial charge >= 0.3 is 0 Å². The minimum absolute atomic E-state index is 0.101. The Bertz CT molecular complexity index is 929. The van der Waals surface area contributed by atoms with Crippen LogP contribution in [0, 0.1) is 5.92 Å². The number of aliphatic hydroxyl groups is 1. The number of hydrogen-bond acceptors (Lipinski definition) is 6. The Morgan fingerprint density at radius 2 is 2.27 bits per heavy atom. The van der Waals surface area contributed by atoms with E-state index >= 15 is 0 Å². The average Bonchev–Trinajstić information content (AvgIpc) is 3.29. The van der Waals surface area contributed by atoms with E-state index < -0.39 is 6.10 Å². The van der Waals surface area contributed by atoms with E-state index in [9.17, 15) is 9.90 Å². The fourth-order valence-corrected chi connectivity index (χ4v) is 4.14. The van der Waals surface area contributed by atoms with Crippen LogP contribution in [0.2, 0.25) is 0 Å². The van der Waals surface area contributed by atoms with Gasteiger partial charge in [-0.1, -0.05) is 12.1 Å². The molecule has 0 radical (unpaired) electrons. The molecule has 2 atom stereocenters. The maximum atomic E-state index is 12.3. The number of fused-ring (bicyclic) bond motifs is 1. The van der Waals surface area contributed by atoms with Crippen LogP contribution in [0.25, 0.3) is 11.0 Å². The van der Waals surface area contributed by atoms with Crippen molar-refractivity contribution in [3.63, 3.8) is 0 Å². The summed E-state index contributed by atoms with van der Waals surface area (Å²) < 4.78 is 0. The van der Waals surface area contributed by atoms with E-state index in [0.29, 0.717) is 12.2 Å². The summed E-state index contributed by atoms with van der Waals surface area (Å²) in [4.78, 5) is 20.8. The molecule has 1 fully saturated rings. The highest BCUT2D eigenvalue weighted by molar-refractivity contribution is 7.98. The SMILES string of the molecule is O=C(Nc1cccc(CSc2ncnc3[nH]ncc23)c1)[C@H]1CCC[C@H]1O. The molecule has 7 nitrogen and oxygen atoms in total. The molecule has 0 unspecified atom stereocenters. The number of anilines is 1. The normalized spacial score (nSPS) is 19.7. The lowest BCUT2D eigenvalue weighted by molar-refractivity contribution is -0.122. The van der Waals surface area contributed by atoms with Crippen LogP contribution in [0.4, 0.5) is 5.69 Å². The van der Waals surface area contributed by atoms with Gasteiger partial charge in [0.25, 0.3) is 0 Å². The third-order valence-electron chi connectivity index (χ3n) is 4.60. The molecule has 0 aliphatic heterocycles. The first-order valence-corrected chi connectivity index (χ1v) is 9.54. The molecule has 0 spiro atoms. The van der Waals surface area contributed by atoms with Gasteiger partial charge in [-0.2, -0.15) is 5.10 Å². The first-order chi connectivity index (χ1) is 12.7. The Morgan fingerprint density at radius 1 is 1.35 bits per heavy atom. The Balaban J connectivity index is 1.43. The number of benzene rings is 1. The number of aromatic nitrogens is 4. The summed E-state index contributed by atoms with van der Waals surface area (Å²) in [6, 6.07) is 7.76. The Labute approximate surface area is 154 Å². The van der Waals surface area contributed by atoms with Crippen LogP contribution >= 0.6 is 11.8 Å². The lowest BCUT2D eigenvalue weighted by atomic mass is 10.1. The van der Waals surface area contributed by atoms with Crippen LogP contribution in [0.15, 0.2) is 41.8 Å². The summed E-state index contributed by atoms with van der Waals surface area (Å²) in [6.07, 6.45) is 5.07. The zero-order valence-electron chi connectivity index (χ0n) is 14.1.